The maximum atomic E-state index is 11.7. The number of ether oxygens (including phenoxy) is 1. The second kappa shape index (κ2) is 5.53. The molecule has 3 heteroatoms. The molecule has 0 radical (unpaired) electrons. The summed E-state index contributed by atoms with van der Waals surface area (Å²) in [6.07, 6.45) is 2.96. The Morgan fingerprint density at radius 1 is 1.33 bits per heavy atom. The second-order valence-corrected chi connectivity index (χ2v) is 5.25. The van der Waals surface area contributed by atoms with Crippen molar-refractivity contribution in [1.29, 1.82) is 0 Å². The Morgan fingerprint density at radius 2 is 2.00 bits per heavy atom. The smallest absolute Gasteiger partial charge is 0.313 e. The van der Waals surface area contributed by atoms with Crippen LogP contribution in [0.4, 0.5) is 0 Å². The fourth-order valence-corrected chi connectivity index (χ4v) is 2.35. The Labute approximate surface area is 109 Å². The van der Waals surface area contributed by atoms with Gasteiger partial charge in [0.2, 0.25) is 0 Å². The molecular weight excluding hydrogens is 226 g/mol. The second-order valence-electron chi connectivity index (χ2n) is 5.25. The topological polar surface area (TPSA) is 29.5 Å². The van der Waals surface area contributed by atoms with Gasteiger partial charge in [0, 0.05) is 13.1 Å². The molecule has 1 aliphatic carbocycles. The first-order valence-corrected chi connectivity index (χ1v) is 6.47. The van der Waals surface area contributed by atoms with Crippen molar-refractivity contribution in [2.24, 2.45) is 5.41 Å². The van der Waals surface area contributed by atoms with Crippen LogP contribution in [0.1, 0.15) is 18.4 Å². The zero-order valence-corrected chi connectivity index (χ0v) is 11.2. The summed E-state index contributed by atoms with van der Waals surface area (Å²) >= 11 is 0. The number of nitrogens with zero attached hydrogens (tertiary/aromatic N) is 1. The molecule has 0 amide bonds. The number of methoxy groups -OCH3 is 1. The molecule has 0 aromatic heterocycles. The number of hydrogen-bond donors (Lipinski definition) is 0. The van der Waals surface area contributed by atoms with Crippen molar-refractivity contribution in [2.75, 3.05) is 27.2 Å². The van der Waals surface area contributed by atoms with Crippen LogP contribution in [0.2, 0.25) is 0 Å². The molecule has 0 unspecified atom stereocenters. The monoisotopic (exact) mass is 247 g/mol. The third-order valence-corrected chi connectivity index (χ3v) is 3.67. The Kier molecular flexibility index (Phi) is 4.02. The summed E-state index contributed by atoms with van der Waals surface area (Å²) < 4.78 is 4.88. The van der Waals surface area contributed by atoms with Crippen LogP contribution in [0.5, 0.6) is 0 Å². The lowest BCUT2D eigenvalue weighted by atomic mass is 10.1. The van der Waals surface area contributed by atoms with E-state index >= 15 is 0 Å². The molecule has 0 spiro atoms. The summed E-state index contributed by atoms with van der Waals surface area (Å²) in [5.74, 6) is -0.0472. The highest BCUT2D eigenvalue weighted by Crippen LogP contribution is 2.47. The summed E-state index contributed by atoms with van der Waals surface area (Å²) in [7, 11) is 3.55. The van der Waals surface area contributed by atoms with E-state index in [1.807, 2.05) is 6.07 Å². The van der Waals surface area contributed by atoms with Gasteiger partial charge in [-0.1, -0.05) is 30.3 Å². The summed E-state index contributed by atoms with van der Waals surface area (Å²) in [5.41, 5.74) is 1.13. The standard InChI is InChI=1S/C15H21NO2/c1-16(11-8-13-6-4-3-5-7-13)12-15(9-10-15)14(17)18-2/h3-7H,8-12H2,1-2H3. The maximum absolute atomic E-state index is 11.7. The minimum atomic E-state index is -0.208. The molecule has 0 bridgehead atoms. The van der Waals surface area contributed by atoms with Crippen LogP contribution in [0.25, 0.3) is 0 Å². The highest BCUT2D eigenvalue weighted by atomic mass is 16.5. The van der Waals surface area contributed by atoms with Crippen molar-refractivity contribution >= 4 is 5.97 Å². The van der Waals surface area contributed by atoms with Gasteiger partial charge in [0.25, 0.3) is 0 Å². The molecule has 1 aromatic rings. The molecule has 1 aromatic carbocycles. The molecule has 0 saturated heterocycles. The molecular formula is C15H21NO2. The van der Waals surface area contributed by atoms with Crippen LogP contribution < -0.4 is 0 Å². The van der Waals surface area contributed by atoms with Crippen LogP contribution in [-0.2, 0) is 16.0 Å². The van der Waals surface area contributed by atoms with E-state index < -0.39 is 0 Å². The summed E-state index contributed by atoms with van der Waals surface area (Å²) in [6.45, 7) is 1.79. The lowest BCUT2D eigenvalue weighted by Crippen LogP contribution is -2.33. The van der Waals surface area contributed by atoms with Gasteiger partial charge in [-0.2, -0.15) is 0 Å². The number of rotatable bonds is 6. The van der Waals surface area contributed by atoms with E-state index in [-0.39, 0.29) is 11.4 Å². The van der Waals surface area contributed by atoms with Crippen molar-refractivity contribution in [2.45, 2.75) is 19.3 Å². The van der Waals surface area contributed by atoms with Gasteiger partial charge in [-0.15, -0.1) is 0 Å². The summed E-state index contributed by atoms with van der Waals surface area (Å²) in [6, 6.07) is 10.4. The normalized spacial score (nSPS) is 16.6. The van der Waals surface area contributed by atoms with Crippen LogP contribution >= 0.6 is 0 Å². The van der Waals surface area contributed by atoms with Gasteiger partial charge >= 0.3 is 5.97 Å². The quantitative estimate of drug-likeness (QED) is 0.721. The van der Waals surface area contributed by atoms with E-state index in [2.05, 4.69) is 36.2 Å². The fourth-order valence-electron chi connectivity index (χ4n) is 2.35. The number of hydrogen-bond acceptors (Lipinski definition) is 3. The van der Waals surface area contributed by atoms with E-state index in [4.69, 9.17) is 4.74 Å². The Hall–Kier alpha value is -1.35. The van der Waals surface area contributed by atoms with Crippen molar-refractivity contribution in [3.63, 3.8) is 0 Å². The van der Waals surface area contributed by atoms with Gasteiger partial charge in [0.1, 0.15) is 0 Å². The number of likely N-dealkylation sites (N-methyl/N-ethyl adjacent to an activating group) is 1. The Bertz CT molecular complexity index is 398. The van der Waals surface area contributed by atoms with E-state index in [0.29, 0.717) is 0 Å². The Morgan fingerprint density at radius 3 is 2.56 bits per heavy atom. The highest BCUT2D eigenvalue weighted by molar-refractivity contribution is 5.80. The number of carbonyl (C=O) groups excluding carboxylic acids is 1. The first-order chi connectivity index (χ1) is 8.66. The van der Waals surface area contributed by atoms with Crippen molar-refractivity contribution in [1.82, 2.24) is 4.90 Å². The molecule has 0 aliphatic heterocycles. The Balaban J connectivity index is 1.79. The number of esters is 1. The van der Waals surface area contributed by atoms with E-state index in [1.165, 1.54) is 12.7 Å². The molecule has 1 aliphatic rings. The fraction of sp³-hybridized carbons (Fsp3) is 0.533. The molecule has 1 saturated carbocycles. The van der Waals surface area contributed by atoms with Crippen LogP contribution in [0.3, 0.4) is 0 Å². The van der Waals surface area contributed by atoms with Crippen LogP contribution in [0, 0.1) is 5.41 Å². The largest absolute Gasteiger partial charge is 0.469 e. The SMILES string of the molecule is COC(=O)C1(CN(C)CCc2ccccc2)CC1. The maximum Gasteiger partial charge on any atom is 0.313 e. The van der Waals surface area contributed by atoms with Crippen LogP contribution in [0.15, 0.2) is 30.3 Å². The van der Waals surface area contributed by atoms with Crippen molar-refractivity contribution < 1.29 is 9.53 Å². The molecule has 3 nitrogen and oxygen atoms in total. The van der Waals surface area contributed by atoms with Gasteiger partial charge < -0.3 is 9.64 Å². The van der Waals surface area contributed by atoms with Crippen molar-refractivity contribution in [3.8, 4) is 0 Å². The summed E-state index contributed by atoms with van der Waals surface area (Å²) in [5, 5.41) is 0. The zero-order chi connectivity index (χ0) is 13.0. The molecule has 18 heavy (non-hydrogen) atoms. The third-order valence-electron chi connectivity index (χ3n) is 3.67. The lowest BCUT2D eigenvalue weighted by molar-refractivity contribution is -0.147. The third kappa shape index (κ3) is 3.10. The molecule has 0 atom stereocenters. The number of carbonyl (C=O) groups is 1. The average Bonchev–Trinajstić information content (AvgIpc) is 3.17. The first-order valence-electron chi connectivity index (χ1n) is 6.47. The van der Waals surface area contributed by atoms with Crippen molar-refractivity contribution in [3.05, 3.63) is 35.9 Å². The van der Waals surface area contributed by atoms with E-state index in [1.54, 1.807) is 0 Å². The van der Waals surface area contributed by atoms with Gasteiger partial charge in [0.15, 0.2) is 0 Å². The molecule has 98 valence electrons. The lowest BCUT2D eigenvalue weighted by Gasteiger charge is -2.21. The van der Waals surface area contributed by atoms with E-state index in [9.17, 15) is 4.79 Å². The zero-order valence-electron chi connectivity index (χ0n) is 11.2. The molecule has 0 N–H and O–H groups in total. The van der Waals surface area contributed by atoms with Gasteiger partial charge in [-0.25, -0.2) is 0 Å². The first kappa shape index (κ1) is 13.1. The van der Waals surface area contributed by atoms with Gasteiger partial charge in [-0.3, -0.25) is 4.79 Å². The summed E-state index contributed by atoms with van der Waals surface area (Å²) in [4.78, 5) is 13.9. The van der Waals surface area contributed by atoms with Gasteiger partial charge in [0.05, 0.1) is 12.5 Å². The minimum absolute atomic E-state index is 0.0472. The highest BCUT2D eigenvalue weighted by Gasteiger charge is 2.51. The predicted molar refractivity (Wildman–Crippen MR) is 71.3 cm³/mol. The van der Waals surface area contributed by atoms with E-state index in [0.717, 1.165) is 32.4 Å². The van der Waals surface area contributed by atoms with Gasteiger partial charge in [-0.05, 0) is 31.9 Å². The minimum Gasteiger partial charge on any atom is -0.469 e. The molecule has 0 heterocycles. The predicted octanol–water partition coefficient (Wildman–Crippen LogP) is 2.11. The molecule has 1 fully saturated rings. The molecule has 2 rings (SSSR count). The average molecular weight is 247 g/mol. The van der Waals surface area contributed by atoms with Crippen LogP contribution in [-0.4, -0.2) is 38.1 Å². The number of benzene rings is 1.